The third-order valence-electron chi connectivity index (χ3n) is 4.74. The van der Waals surface area contributed by atoms with Gasteiger partial charge in [-0.3, -0.25) is 4.79 Å². The van der Waals surface area contributed by atoms with Gasteiger partial charge in [-0.15, -0.1) is 0 Å². The number of nitrogens with one attached hydrogen (secondary N) is 1. The Balaban J connectivity index is 1.90. The van der Waals surface area contributed by atoms with Crippen LogP contribution in [-0.4, -0.2) is 32.4 Å². The SMILES string of the molecule is COc1cc(C(C)NC(=O)c2c(-c3ccc(F)cc3)noc2C)cc(OC)c1OC. The van der Waals surface area contributed by atoms with E-state index >= 15 is 0 Å². The van der Waals surface area contributed by atoms with Gasteiger partial charge in [0.25, 0.3) is 5.91 Å². The molecule has 2 aromatic carbocycles. The second-order valence-corrected chi connectivity index (χ2v) is 6.62. The molecule has 3 rings (SSSR count). The number of carbonyl (C=O) groups is 1. The Morgan fingerprint density at radius 1 is 1.07 bits per heavy atom. The van der Waals surface area contributed by atoms with Crippen LogP contribution in [0.3, 0.4) is 0 Å². The molecule has 0 radical (unpaired) electrons. The maximum absolute atomic E-state index is 13.3. The van der Waals surface area contributed by atoms with Crippen LogP contribution in [0.1, 0.15) is 34.6 Å². The van der Waals surface area contributed by atoms with Crippen molar-refractivity contribution in [1.82, 2.24) is 10.5 Å². The van der Waals surface area contributed by atoms with E-state index in [4.69, 9.17) is 18.7 Å². The number of aryl methyl sites for hydroxylation is 1. The van der Waals surface area contributed by atoms with Crippen LogP contribution >= 0.6 is 0 Å². The van der Waals surface area contributed by atoms with Gasteiger partial charge in [-0.25, -0.2) is 4.39 Å². The van der Waals surface area contributed by atoms with Gasteiger partial charge in [0, 0.05) is 5.56 Å². The average molecular weight is 414 g/mol. The summed E-state index contributed by atoms with van der Waals surface area (Å²) in [5.41, 5.74) is 1.98. The first-order valence-corrected chi connectivity index (χ1v) is 9.22. The third-order valence-corrected chi connectivity index (χ3v) is 4.74. The fraction of sp³-hybridized carbons (Fsp3) is 0.273. The highest BCUT2D eigenvalue weighted by Gasteiger charge is 2.24. The number of hydrogen-bond donors (Lipinski definition) is 1. The minimum Gasteiger partial charge on any atom is -0.493 e. The summed E-state index contributed by atoms with van der Waals surface area (Å²) in [6, 6.07) is 8.86. The lowest BCUT2D eigenvalue weighted by atomic mass is 10.0. The summed E-state index contributed by atoms with van der Waals surface area (Å²) >= 11 is 0. The third kappa shape index (κ3) is 4.07. The topological polar surface area (TPSA) is 82.8 Å². The van der Waals surface area contributed by atoms with Gasteiger partial charge in [-0.05, 0) is 55.8 Å². The first-order chi connectivity index (χ1) is 14.4. The van der Waals surface area contributed by atoms with Crippen LogP contribution < -0.4 is 19.5 Å². The molecule has 0 spiro atoms. The van der Waals surface area contributed by atoms with Crippen molar-refractivity contribution in [3.05, 3.63) is 59.1 Å². The summed E-state index contributed by atoms with van der Waals surface area (Å²) in [4.78, 5) is 13.0. The molecule has 0 aliphatic heterocycles. The van der Waals surface area contributed by atoms with E-state index in [1.807, 2.05) is 6.92 Å². The van der Waals surface area contributed by atoms with E-state index in [1.54, 1.807) is 31.2 Å². The van der Waals surface area contributed by atoms with Crippen LogP contribution in [0.25, 0.3) is 11.3 Å². The molecule has 1 N–H and O–H groups in total. The standard InChI is InChI=1S/C22H23FN2O5/c1-12(15-10-17(27-3)21(29-5)18(11-15)28-4)24-22(26)19-13(2)30-25-20(19)14-6-8-16(23)9-7-14/h6-12H,1-5H3,(H,24,26). The monoisotopic (exact) mass is 414 g/mol. The minimum atomic E-state index is -0.387. The van der Waals surface area contributed by atoms with Gasteiger partial charge in [0.2, 0.25) is 5.75 Å². The van der Waals surface area contributed by atoms with Crippen molar-refractivity contribution in [2.75, 3.05) is 21.3 Å². The first kappa shape index (κ1) is 21.2. The van der Waals surface area contributed by atoms with Gasteiger partial charge in [0.05, 0.1) is 27.4 Å². The summed E-state index contributed by atoms with van der Waals surface area (Å²) in [5.74, 6) is 1.07. The highest BCUT2D eigenvalue weighted by Crippen LogP contribution is 2.39. The molecule has 0 saturated heterocycles. The lowest BCUT2D eigenvalue weighted by molar-refractivity contribution is 0.0938. The molecule has 1 heterocycles. The molecular weight excluding hydrogens is 391 g/mol. The zero-order chi connectivity index (χ0) is 21.8. The zero-order valence-electron chi connectivity index (χ0n) is 17.4. The summed E-state index contributed by atoms with van der Waals surface area (Å²) in [6.45, 7) is 3.48. The van der Waals surface area contributed by atoms with Crippen molar-refractivity contribution >= 4 is 5.91 Å². The van der Waals surface area contributed by atoms with Crippen molar-refractivity contribution in [1.29, 1.82) is 0 Å². The Kier molecular flexibility index (Phi) is 6.25. The first-order valence-electron chi connectivity index (χ1n) is 9.22. The summed E-state index contributed by atoms with van der Waals surface area (Å²) in [5, 5.41) is 6.92. The second-order valence-electron chi connectivity index (χ2n) is 6.62. The Bertz CT molecular complexity index is 1020. The smallest absolute Gasteiger partial charge is 0.257 e. The number of methoxy groups -OCH3 is 3. The predicted molar refractivity (Wildman–Crippen MR) is 109 cm³/mol. The van der Waals surface area contributed by atoms with E-state index in [0.29, 0.717) is 39.8 Å². The van der Waals surface area contributed by atoms with E-state index < -0.39 is 0 Å². The Morgan fingerprint density at radius 2 is 1.67 bits per heavy atom. The molecule has 3 aromatic rings. The normalized spacial score (nSPS) is 11.7. The van der Waals surface area contributed by atoms with E-state index in [1.165, 1.54) is 33.5 Å². The zero-order valence-corrected chi connectivity index (χ0v) is 17.4. The van der Waals surface area contributed by atoms with Gasteiger partial charge in [0.15, 0.2) is 11.5 Å². The number of aromatic nitrogens is 1. The highest BCUT2D eigenvalue weighted by atomic mass is 19.1. The molecule has 1 amide bonds. The van der Waals surface area contributed by atoms with Gasteiger partial charge in [0.1, 0.15) is 22.8 Å². The highest BCUT2D eigenvalue weighted by molar-refractivity contribution is 6.01. The lowest BCUT2D eigenvalue weighted by Crippen LogP contribution is -2.27. The van der Waals surface area contributed by atoms with Gasteiger partial charge >= 0.3 is 0 Å². The predicted octanol–water partition coefficient (Wildman–Crippen LogP) is 4.31. The van der Waals surface area contributed by atoms with Crippen molar-refractivity contribution < 1.29 is 27.9 Å². The van der Waals surface area contributed by atoms with Crippen LogP contribution in [-0.2, 0) is 0 Å². The Labute approximate surface area is 173 Å². The molecule has 0 fully saturated rings. The summed E-state index contributed by atoms with van der Waals surface area (Å²) in [6.07, 6.45) is 0. The van der Waals surface area contributed by atoms with Gasteiger partial charge in [-0.2, -0.15) is 0 Å². The Hall–Kier alpha value is -3.55. The van der Waals surface area contributed by atoms with Crippen LogP contribution in [0.5, 0.6) is 17.2 Å². The molecule has 30 heavy (non-hydrogen) atoms. The van der Waals surface area contributed by atoms with E-state index in [0.717, 1.165) is 5.56 Å². The van der Waals surface area contributed by atoms with Gasteiger partial charge < -0.3 is 24.1 Å². The molecule has 1 atom stereocenters. The van der Waals surface area contributed by atoms with Crippen LogP contribution in [0, 0.1) is 12.7 Å². The number of carbonyl (C=O) groups excluding carboxylic acids is 1. The number of nitrogens with zero attached hydrogens (tertiary/aromatic N) is 1. The van der Waals surface area contributed by atoms with Crippen molar-refractivity contribution in [2.45, 2.75) is 19.9 Å². The lowest BCUT2D eigenvalue weighted by Gasteiger charge is -2.19. The van der Waals surface area contributed by atoms with Gasteiger partial charge in [-0.1, -0.05) is 5.16 Å². The molecule has 0 aliphatic rings. The van der Waals surface area contributed by atoms with E-state index in [-0.39, 0.29) is 17.8 Å². The molecule has 8 heteroatoms. The molecule has 7 nitrogen and oxygen atoms in total. The fourth-order valence-electron chi connectivity index (χ4n) is 3.15. The fourth-order valence-corrected chi connectivity index (χ4v) is 3.15. The number of halogens is 1. The quantitative estimate of drug-likeness (QED) is 0.621. The minimum absolute atomic E-state index is 0.292. The summed E-state index contributed by atoms with van der Waals surface area (Å²) < 4.78 is 34.6. The van der Waals surface area contributed by atoms with Crippen LogP contribution in [0.2, 0.25) is 0 Å². The number of hydrogen-bond acceptors (Lipinski definition) is 6. The van der Waals surface area contributed by atoms with Crippen molar-refractivity contribution in [2.24, 2.45) is 0 Å². The molecular formula is C22H23FN2O5. The number of rotatable bonds is 7. The number of ether oxygens (including phenoxy) is 3. The molecule has 0 saturated carbocycles. The van der Waals surface area contributed by atoms with Crippen molar-refractivity contribution in [3.63, 3.8) is 0 Å². The summed E-state index contributed by atoms with van der Waals surface area (Å²) in [7, 11) is 4.58. The largest absolute Gasteiger partial charge is 0.493 e. The molecule has 1 unspecified atom stereocenters. The molecule has 158 valence electrons. The average Bonchev–Trinajstić information content (AvgIpc) is 3.14. The molecule has 0 bridgehead atoms. The van der Waals surface area contributed by atoms with Crippen LogP contribution in [0.4, 0.5) is 4.39 Å². The number of benzene rings is 2. The van der Waals surface area contributed by atoms with E-state index in [2.05, 4.69) is 10.5 Å². The second kappa shape index (κ2) is 8.86. The Morgan fingerprint density at radius 3 is 2.20 bits per heavy atom. The van der Waals surface area contributed by atoms with E-state index in [9.17, 15) is 9.18 Å². The molecule has 0 aliphatic carbocycles. The number of amides is 1. The maximum atomic E-state index is 13.3. The van der Waals surface area contributed by atoms with Crippen molar-refractivity contribution in [3.8, 4) is 28.5 Å². The molecule has 1 aromatic heterocycles. The maximum Gasteiger partial charge on any atom is 0.257 e. The van der Waals surface area contributed by atoms with Crippen LogP contribution in [0.15, 0.2) is 40.9 Å².